The number of carbonyl (C=O) groups is 3. The van der Waals surface area contributed by atoms with Crippen LogP contribution in [0.25, 0.3) is 0 Å². The fraction of sp³-hybridized carbons (Fsp3) is 0.167. The van der Waals surface area contributed by atoms with Crippen LogP contribution in [0.5, 0.6) is 0 Å². The second-order valence-corrected chi connectivity index (χ2v) is 6.26. The van der Waals surface area contributed by atoms with Crippen molar-refractivity contribution in [1.29, 1.82) is 0 Å². The number of hydrazine groups is 1. The number of non-ortho nitro benzene ring substituents is 1. The van der Waals surface area contributed by atoms with E-state index in [-0.39, 0.29) is 12.2 Å². The van der Waals surface area contributed by atoms with Crippen LogP contribution in [0.1, 0.15) is 12.5 Å². The summed E-state index contributed by atoms with van der Waals surface area (Å²) in [7, 11) is 0. The first-order valence-electron chi connectivity index (χ1n) is 8.31. The summed E-state index contributed by atoms with van der Waals surface area (Å²) in [5, 5.41) is 16.7. The monoisotopic (exact) mass is 383 g/mol. The van der Waals surface area contributed by atoms with Crippen LogP contribution in [-0.4, -0.2) is 34.3 Å². The number of carbonyl (C=O) groups excluding carboxylic acids is 3. The van der Waals surface area contributed by atoms with Crippen LogP contribution in [0.2, 0.25) is 0 Å². The Labute approximate surface area is 159 Å². The number of urea groups is 1. The zero-order chi connectivity index (χ0) is 20.3. The summed E-state index contributed by atoms with van der Waals surface area (Å²) in [6.45, 7) is 1.26. The van der Waals surface area contributed by atoms with Crippen molar-refractivity contribution in [2.75, 3.05) is 11.9 Å². The molecule has 0 saturated carbocycles. The molecule has 10 heteroatoms. The number of nitro benzene ring substituents is 1. The van der Waals surface area contributed by atoms with Gasteiger partial charge in [0, 0.05) is 17.8 Å². The molecule has 0 bridgehead atoms. The van der Waals surface area contributed by atoms with Crippen molar-refractivity contribution in [3.63, 3.8) is 0 Å². The standard InChI is InChI=1S/C18H17N5O5/c1-18(12-6-3-2-4-7-12)16(25)22(17(26)20-18)21-15(24)11-19-13-8-5-9-14(10-13)23(27)28/h2-10,19H,11H2,1H3,(H,20,26)(H,21,24)/t18-/m0/s1. The third kappa shape index (κ3) is 3.61. The van der Waals surface area contributed by atoms with Gasteiger partial charge in [0.25, 0.3) is 17.5 Å². The van der Waals surface area contributed by atoms with Gasteiger partial charge >= 0.3 is 6.03 Å². The molecule has 10 nitrogen and oxygen atoms in total. The fourth-order valence-electron chi connectivity index (χ4n) is 2.78. The molecule has 0 spiro atoms. The lowest BCUT2D eigenvalue weighted by atomic mass is 9.92. The molecule has 3 rings (SSSR count). The maximum atomic E-state index is 12.7. The number of nitrogens with one attached hydrogen (secondary N) is 3. The van der Waals surface area contributed by atoms with E-state index in [2.05, 4.69) is 16.1 Å². The number of imide groups is 1. The predicted octanol–water partition coefficient (Wildman–Crippen LogP) is 1.51. The molecule has 0 aliphatic carbocycles. The molecule has 1 heterocycles. The van der Waals surface area contributed by atoms with E-state index in [1.54, 1.807) is 43.3 Å². The Bertz CT molecular complexity index is 948. The summed E-state index contributed by atoms with van der Waals surface area (Å²) >= 11 is 0. The van der Waals surface area contributed by atoms with E-state index < -0.39 is 28.3 Å². The maximum absolute atomic E-state index is 12.7. The van der Waals surface area contributed by atoms with Crippen molar-refractivity contribution in [2.24, 2.45) is 0 Å². The van der Waals surface area contributed by atoms with Crippen LogP contribution >= 0.6 is 0 Å². The lowest BCUT2D eigenvalue weighted by Crippen LogP contribution is -2.49. The van der Waals surface area contributed by atoms with Crippen molar-refractivity contribution in [2.45, 2.75) is 12.5 Å². The predicted molar refractivity (Wildman–Crippen MR) is 98.9 cm³/mol. The number of benzene rings is 2. The Balaban J connectivity index is 1.64. The molecule has 3 N–H and O–H groups in total. The Morgan fingerprint density at radius 2 is 1.89 bits per heavy atom. The number of rotatable bonds is 6. The minimum Gasteiger partial charge on any atom is -0.376 e. The third-order valence-corrected chi connectivity index (χ3v) is 4.29. The van der Waals surface area contributed by atoms with Crippen molar-refractivity contribution >= 4 is 29.2 Å². The van der Waals surface area contributed by atoms with Crippen molar-refractivity contribution in [1.82, 2.24) is 15.8 Å². The molecule has 4 amide bonds. The first-order chi connectivity index (χ1) is 13.3. The molecule has 1 atom stereocenters. The molecule has 1 saturated heterocycles. The molecule has 28 heavy (non-hydrogen) atoms. The molecule has 2 aromatic carbocycles. The highest BCUT2D eigenvalue weighted by atomic mass is 16.6. The molecule has 2 aromatic rings. The maximum Gasteiger partial charge on any atom is 0.344 e. The van der Waals surface area contributed by atoms with Gasteiger partial charge in [-0.05, 0) is 18.6 Å². The first-order valence-corrected chi connectivity index (χ1v) is 8.31. The molecule has 1 aliphatic heterocycles. The van der Waals surface area contributed by atoms with Gasteiger partial charge in [0.2, 0.25) is 0 Å². The van der Waals surface area contributed by atoms with Gasteiger partial charge in [-0.1, -0.05) is 36.4 Å². The zero-order valence-corrected chi connectivity index (χ0v) is 14.8. The van der Waals surface area contributed by atoms with Gasteiger partial charge in [0.1, 0.15) is 5.54 Å². The van der Waals surface area contributed by atoms with Gasteiger partial charge in [0.05, 0.1) is 11.5 Å². The van der Waals surface area contributed by atoms with E-state index in [9.17, 15) is 24.5 Å². The number of hydrogen-bond donors (Lipinski definition) is 3. The van der Waals surface area contributed by atoms with Crippen LogP contribution in [0.4, 0.5) is 16.2 Å². The van der Waals surface area contributed by atoms with Gasteiger partial charge in [-0.15, -0.1) is 0 Å². The van der Waals surface area contributed by atoms with E-state index >= 15 is 0 Å². The van der Waals surface area contributed by atoms with E-state index in [1.165, 1.54) is 18.2 Å². The number of hydrogen-bond acceptors (Lipinski definition) is 6. The number of nitro groups is 1. The van der Waals surface area contributed by atoms with Crippen LogP contribution in [0, 0.1) is 10.1 Å². The molecular weight excluding hydrogens is 366 g/mol. The van der Waals surface area contributed by atoms with Crippen molar-refractivity contribution in [3.05, 3.63) is 70.3 Å². The average Bonchev–Trinajstić information content (AvgIpc) is 2.91. The van der Waals surface area contributed by atoms with Gasteiger partial charge in [0.15, 0.2) is 0 Å². The minimum atomic E-state index is -1.29. The highest BCUT2D eigenvalue weighted by Gasteiger charge is 2.49. The molecule has 1 aliphatic rings. The van der Waals surface area contributed by atoms with Gasteiger partial charge in [-0.25, -0.2) is 4.79 Å². The SMILES string of the molecule is C[C@@]1(c2ccccc2)NC(=O)N(NC(=O)CNc2cccc([N+](=O)[O-])c2)C1=O. The molecule has 1 fully saturated rings. The first kappa shape index (κ1) is 18.8. The normalized spacial score (nSPS) is 18.5. The molecular formula is C18H17N5O5. The highest BCUT2D eigenvalue weighted by Crippen LogP contribution is 2.27. The number of anilines is 1. The molecule has 0 aromatic heterocycles. The van der Waals surface area contributed by atoms with Crippen LogP contribution < -0.4 is 16.1 Å². The van der Waals surface area contributed by atoms with Gasteiger partial charge in [-0.3, -0.25) is 25.1 Å². The highest BCUT2D eigenvalue weighted by molar-refractivity contribution is 6.08. The van der Waals surface area contributed by atoms with Gasteiger partial charge < -0.3 is 10.6 Å². The minimum absolute atomic E-state index is 0.127. The van der Waals surface area contributed by atoms with Crippen LogP contribution in [-0.2, 0) is 15.1 Å². The Morgan fingerprint density at radius 1 is 1.18 bits per heavy atom. The number of amides is 4. The summed E-state index contributed by atoms with van der Waals surface area (Å²) in [6.07, 6.45) is 0. The number of nitrogens with zero attached hydrogens (tertiary/aromatic N) is 2. The van der Waals surface area contributed by atoms with E-state index in [4.69, 9.17) is 0 Å². The summed E-state index contributed by atoms with van der Waals surface area (Å²) in [4.78, 5) is 47.3. The fourth-order valence-corrected chi connectivity index (χ4v) is 2.78. The summed E-state index contributed by atoms with van der Waals surface area (Å²) in [6, 6.07) is 13.5. The Morgan fingerprint density at radius 3 is 2.57 bits per heavy atom. The second kappa shape index (κ2) is 7.35. The summed E-state index contributed by atoms with van der Waals surface area (Å²) in [5.74, 6) is -1.28. The van der Waals surface area contributed by atoms with Crippen molar-refractivity contribution in [3.8, 4) is 0 Å². The second-order valence-electron chi connectivity index (χ2n) is 6.26. The molecule has 144 valence electrons. The third-order valence-electron chi connectivity index (χ3n) is 4.29. The van der Waals surface area contributed by atoms with Crippen LogP contribution in [0.15, 0.2) is 54.6 Å². The van der Waals surface area contributed by atoms with E-state index in [0.717, 1.165) is 0 Å². The Kier molecular flexibility index (Phi) is 4.94. The topological polar surface area (TPSA) is 134 Å². The Hall–Kier alpha value is -3.95. The van der Waals surface area contributed by atoms with Crippen molar-refractivity contribution < 1.29 is 19.3 Å². The van der Waals surface area contributed by atoms with E-state index in [1.807, 2.05) is 0 Å². The van der Waals surface area contributed by atoms with E-state index in [0.29, 0.717) is 16.3 Å². The average molecular weight is 383 g/mol. The lowest BCUT2D eigenvalue weighted by molar-refractivity contribution is -0.384. The zero-order valence-electron chi connectivity index (χ0n) is 14.8. The summed E-state index contributed by atoms with van der Waals surface area (Å²) in [5.41, 5.74) is 1.77. The largest absolute Gasteiger partial charge is 0.376 e. The lowest BCUT2D eigenvalue weighted by Gasteiger charge is -2.22. The van der Waals surface area contributed by atoms with Crippen LogP contribution in [0.3, 0.4) is 0 Å². The summed E-state index contributed by atoms with van der Waals surface area (Å²) < 4.78 is 0. The van der Waals surface area contributed by atoms with Gasteiger partial charge in [-0.2, -0.15) is 5.01 Å². The quantitative estimate of drug-likeness (QED) is 0.393. The smallest absolute Gasteiger partial charge is 0.344 e. The molecule has 0 radical (unpaired) electrons. The molecule has 0 unspecified atom stereocenters.